The Morgan fingerprint density at radius 2 is 1.88 bits per heavy atom. The highest BCUT2D eigenvalue weighted by molar-refractivity contribution is 6.31. The first-order valence-corrected chi connectivity index (χ1v) is 11.9. The summed E-state index contributed by atoms with van der Waals surface area (Å²) in [5.74, 6) is -4.22. The zero-order valence-corrected chi connectivity index (χ0v) is 20.8. The van der Waals surface area contributed by atoms with Crippen molar-refractivity contribution in [3.8, 4) is 6.07 Å². The van der Waals surface area contributed by atoms with Crippen LogP contribution in [-0.4, -0.2) is 28.0 Å². The van der Waals surface area contributed by atoms with E-state index in [4.69, 9.17) is 11.6 Å². The van der Waals surface area contributed by atoms with Gasteiger partial charge in [-0.2, -0.15) is 23.5 Å². The summed E-state index contributed by atoms with van der Waals surface area (Å²) in [6, 6.07) is 5.92. The second-order valence-electron chi connectivity index (χ2n) is 8.89. The van der Waals surface area contributed by atoms with Crippen molar-refractivity contribution in [2.75, 3.05) is 5.32 Å². The molecular weight excluding hydrogens is 583 g/mol. The van der Waals surface area contributed by atoms with Crippen LogP contribution >= 0.6 is 11.6 Å². The maximum atomic E-state index is 14.2. The molecule has 2 N–H and O–H groups in total. The second-order valence-corrected chi connectivity index (χ2v) is 9.30. The van der Waals surface area contributed by atoms with Gasteiger partial charge in [0.05, 0.1) is 28.1 Å². The van der Waals surface area contributed by atoms with Crippen LogP contribution in [0.2, 0.25) is 5.02 Å². The molecule has 0 spiro atoms. The summed E-state index contributed by atoms with van der Waals surface area (Å²) >= 11 is 6.25. The molecule has 0 saturated heterocycles. The third-order valence-electron chi connectivity index (χ3n) is 6.29. The third-order valence-corrected chi connectivity index (χ3v) is 6.64. The van der Waals surface area contributed by atoms with E-state index in [0.717, 1.165) is 22.9 Å². The number of amides is 2. The number of carbonyl (C=O) groups is 2. The number of fused-ring (bicyclic) bond motifs is 3. The van der Waals surface area contributed by atoms with Gasteiger partial charge in [-0.05, 0) is 42.5 Å². The molecule has 2 heterocycles. The van der Waals surface area contributed by atoms with Gasteiger partial charge in [-0.25, -0.2) is 17.6 Å². The summed E-state index contributed by atoms with van der Waals surface area (Å²) in [6.07, 6.45) is -7.93. The zero-order chi connectivity index (χ0) is 29.8. The first-order valence-electron chi connectivity index (χ1n) is 11.5. The Balaban J connectivity index is 1.76. The Bertz CT molecular complexity index is 1800. The molecule has 0 saturated carbocycles. The van der Waals surface area contributed by atoms with Crippen LogP contribution in [-0.2, 0) is 12.7 Å². The number of nitrogens with zero attached hydrogens (tertiary/aromatic N) is 3. The van der Waals surface area contributed by atoms with Gasteiger partial charge in [-0.15, -0.1) is 0 Å². The normalized spacial score (nSPS) is 14.7. The molecule has 1 unspecified atom stereocenters. The van der Waals surface area contributed by atoms with Crippen LogP contribution in [0.25, 0.3) is 10.9 Å². The maximum absolute atomic E-state index is 14.2. The molecule has 3 aromatic carbocycles. The van der Waals surface area contributed by atoms with Gasteiger partial charge in [-0.1, -0.05) is 11.6 Å². The van der Waals surface area contributed by atoms with E-state index < -0.39 is 65.5 Å². The number of nitriles is 1. The Morgan fingerprint density at radius 1 is 1.15 bits per heavy atom. The second kappa shape index (κ2) is 10.1. The van der Waals surface area contributed by atoms with Crippen LogP contribution in [0.4, 0.5) is 36.4 Å². The lowest BCUT2D eigenvalue weighted by Gasteiger charge is -2.19. The maximum Gasteiger partial charge on any atom is 0.416 e. The van der Waals surface area contributed by atoms with Crippen LogP contribution in [0, 0.1) is 23.0 Å². The molecule has 1 aliphatic heterocycles. The Morgan fingerprint density at radius 3 is 2.54 bits per heavy atom. The van der Waals surface area contributed by atoms with Crippen molar-refractivity contribution in [1.29, 1.82) is 5.26 Å². The van der Waals surface area contributed by atoms with Gasteiger partial charge in [0.15, 0.2) is 5.69 Å². The van der Waals surface area contributed by atoms with Crippen LogP contribution < -0.4 is 10.6 Å². The average molecular weight is 596 g/mol. The van der Waals surface area contributed by atoms with Crippen molar-refractivity contribution in [1.82, 2.24) is 15.1 Å². The van der Waals surface area contributed by atoms with Crippen LogP contribution in [0.15, 0.2) is 42.5 Å². The zero-order valence-electron chi connectivity index (χ0n) is 20.1. The number of hydrogen-bond donors (Lipinski definition) is 2. The summed E-state index contributed by atoms with van der Waals surface area (Å²) < 4.78 is 95.3. The van der Waals surface area contributed by atoms with Crippen LogP contribution in [0.3, 0.4) is 0 Å². The SMILES string of the molecule is N#Cc1nn(CC(F)F)c2cc(NC(=O)c3cc(F)cc(C(F)(F)F)c3)c3c(c12)C(=O)NC3c1cc(F)ccc1Cl. The molecule has 0 fully saturated rings. The number of nitrogens with one attached hydrogen (secondary N) is 2. The minimum Gasteiger partial charge on any atom is -0.341 e. The summed E-state index contributed by atoms with van der Waals surface area (Å²) in [7, 11) is 0. The van der Waals surface area contributed by atoms with E-state index in [2.05, 4.69) is 15.7 Å². The van der Waals surface area contributed by atoms with Crippen LogP contribution in [0.5, 0.6) is 0 Å². The van der Waals surface area contributed by atoms with Crippen molar-refractivity contribution < 1.29 is 40.3 Å². The molecule has 0 radical (unpaired) electrons. The summed E-state index contributed by atoms with van der Waals surface area (Å²) in [5.41, 5.74) is -3.44. The molecule has 41 heavy (non-hydrogen) atoms. The Labute approximate surface area is 230 Å². The fourth-order valence-corrected chi connectivity index (χ4v) is 4.89. The van der Waals surface area contributed by atoms with Crippen molar-refractivity contribution in [3.05, 3.63) is 92.6 Å². The fraction of sp³-hybridized carbons (Fsp3) is 0.154. The lowest BCUT2D eigenvalue weighted by Crippen LogP contribution is -2.21. The van der Waals surface area contributed by atoms with Gasteiger partial charge in [0.1, 0.15) is 24.2 Å². The quantitative estimate of drug-likeness (QED) is 0.268. The van der Waals surface area contributed by atoms with Crippen molar-refractivity contribution in [2.24, 2.45) is 0 Å². The number of anilines is 1. The number of rotatable bonds is 5. The summed E-state index contributed by atoms with van der Waals surface area (Å²) in [6.45, 7) is -1.01. The van der Waals surface area contributed by atoms with Gasteiger partial charge in [0.25, 0.3) is 18.2 Å². The first kappa shape index (κ1) is 27.9. The molecule has 210 valence electrons. The highest BCUT2D eigenvalue weighted by Gasteiger charge is 2.38. The standard InChI is InChI=1S/C26H13ClF7N5O2/c27-15-2-1-12(28)6-14(15)23-21-16(36-24(40)10-3-11(26(32,33)34)5-13(29)4-10)7-18-20(22(21)25(41)37-23)17(8-35)38-39(18)9-19(30)31/h1-7,19,23H,9H2,(H,36,40)(H,37,41). The molecule has 0 bridgehead atoms. The molecule has 0 aliphatic carbocycles. The van der Waals surface area contributed by atoms with Crippen molar-refractivity contribution in [3.63, 3.8) is 0 Å². The van der Waals surface area contributed by atoms with E-state index in [1.54, 1.807) is 6.07 Å². The topological polar surface area (TPSA) is 99.8 Å². The number of carbonyl (C=O) groups excluding carboxylic acids is 2. The van der Waals surface area contributed by atoms with E-state index in [9.17, 15) is 45.6 Å². The summed E-state index contributed by atoms with van der Waals surface area (Å²) in [5, 5.41) is 18.2. The van der Waals surface area contributed by atoms with Crippen molar-refractivity contribution >= 4 is 40.0 Å². The van der Waals surface area contributed by atoms with E-state index in [-0.39, 0.29) is 44.4 Å². The lowest BCUT2D eigenvalue weighted by molar-refractivity contribution is -0.137. The Kier molecular flexibility index (Phi) is 6.86. The molecule has 1 atom stereocenters. The fourth-order valence-electron chi connectivity index (χ4n) is 4.66. The van der Waals surface area contributed by atoms with Gasteiger partial charge in [0, 0.05) is 27.4 Å². The largest absolute Gasteiger partial charge is 0.416 e. The molecule has 5 rings (SSSR count). The van der Waals surface area contributed by atoms with E-state index in [1.165, 1.54) is 6.07 Å². The van der Waals surface area contributed by atoms with Crippen molar-refractivity contribution in [2.45, 2.75) is 25.2 Å². The molecule has 15 heteroatoms. The number of aromatic nitrogens is 2. The molecule has 4 aromatic rings. The molecule has 2 amide bonds. The number of halogens is 8. The average Bonchev–Trinajstić information content (AvgIpc) is 3.41. The molecule has 7 nitrogen and oxygen atoms in total. The van der Waals surface area contributed by atoms with Crippen LogP contribution in [0.1, 0.15) is 49.1 Å². The summed E-state index contributed by atoms with van der Waals surface area (Å²) in [4.78, 5) is 26.4. The van der Waals surface area contributed by atoms with E-state index >= 15 is 0 Å². The number of alkyl halides is 5. The van der Waals surface area contributed by atoms with Gasteiger partial charge < -0.3 is 10.6 Å². The first-order chi connectivity index (χ1) is 19.3. The molecule has 1 aromatic heterocycles. The van der Waals surface area contributed by atoms with Gasteiger partial charge in [-0.3, -0.25) is 14.3 Å². The smallest absolute Gasteiger partial charge is 0.341 e. The highest BCUT2D eigenvalue weighted by atomic mass is 35.5. The van der Waals surface area contributed by atoms with E-state index in [0.29, 0.717) is 12.1 Å². The van der Waals surface area contributed by atoms with E-state index in [1.807, 2.05) is 0 Å². The molecular formula is C26H13ClF7N5O2. The highest BCUT2D eigenvalue weighted by Crippen LogP contribution is 2.44. The Hall–Kier alpha value is -4.64. The lowest BCUT2D eigenvalue weighted by atomic mass is 9.93. The predicted octanol–water partition coefficient (Wildman–Crippen LogP) is 6.21. The van der Waals surface area contributed by atoms with Gasteiger partial charge >= 0.3 is 6.18 Å². The molecule has 1 aliphatic rings. The van der Waals surface area contributed by atoms with Gasteiger partial charge in [0.2, 0.25) is 0 Å². The minimum atomic E-state index is -4.98. The number of hydrogen-bond acceptors (Lipinski definition) is 4. The minimum absolute atomic E-state index is 0.0113. The number of benzene rings is 3. The third kappa shape index (κ3) is 5.04. The predicted molar refractivity (Wildman–Crippen MR) is 131 cm³/mol. The monoisotopic (exact) mass is 595 g/mol.